The van der Waals surface area contributed by atoms with Gasteiger partial charge in [0, 0.05) is 18.7 Å². The number of esters is 1. The highest BCUT2D eigenvalue weighted by Gasteiger charge is 2.17. The monoisotopic (exact) mass is 310 g/mol. The van der Waals surface area contributed by atoms with E-state index in [0.717, 1.165) is 0 Å². The van der Waals surface area contributed by atoms with Crippen LogP contribution in [0.2, 0.25) is 0 Å². The normalized spacial score (nSPS) is 11.5. The number of rotatable bonds is 6. The Morgan fingerprint density at radius 3 is 2.95 bits per heavy atom. The molecule has 0 amide bonds. The van der Waals surface area contributed by atoms with Crippen molar-refractivity contribution in [2.45, 2.75) is 33.4 Å². The van der Waals surface area contributed by atoms with Crippen molar-refractivity contribution in [2.24, 2.45) is 0 Å². The van der Waals surface area contributed by atoms with Gasteiger partial charge in [-0.15, -0.1) is 0 Å². The van der Waals surface area contributed by atoms with Crippen molar-refractivity contribution in [3.63, 3.8) is 0 Å². The second-order valence-corrected chi connectivity index (χ2v) is 5.63. The van der Waals surface area contributed by atoms with Crippen molar-refractivity contribution < 1.29 is 9.53 Å². The van der Waals surface area contributed by atoms with E-state index in [0.29, 0.717) is 23.8 Å². The predicted octanol–water partition coefficient (Wildman–Crippen LogP) is 0.925. The standard InChI is InChI=1S/C13H18N4O3S/c1-4-20-12(19)7-16(9(2)3)6-10-5-11(18)17-13(15-10)21-8-14-17/h5,8-9H,4,6-7H2,1-3H3. The molecule has 0 fully saturated rings. The van der Waals surface area contributed by atoms with E-state index in [1.54, 1.807) is 12.4 Å². The number of carbonyl (C=O) groups is 1. The zero-order chi connectivity index (χ0) is 15.4. The lowest BCUT2D eigenvalue weighted by Crippen LogP contribution is -2.36. The van der Waals surface area contributed by atoms with Crippen molar-refractivity contribution >= 4 is 22.3 Å². The van der Waals surface area contributed by atoms with E-state index in [4.69, 9.17) is 4.74 Å². The minimum absolute atomic E-state index is 0.135. The van der Waals surface area contributed by atoms with Gasteiger partial charge in [-0.05, 0) is 20.8 Å². The number of fused-ring (bicyclic) bond motifs is 1. The topological polar surface area (TPSA) is 76.8 Å². The Morgan fingerprint density at radius 2 is 2.29 bits per heavy atom. The maximum absolute atomic E-state index is 11.9. The summed E-state index contributed by atoms with van der Waals surface area (Å²) in [6, 6.07) is 1.59. The molecule has 2 heterocycles. The first kappa shape index (κ1) is 15.6. The molecule has 7 nitrogen and oxygen atoms in total. The van der Waals surface area contributed by atoms with Gasteiger partial charge >= 0.3 is 5.97 Å². The van der Waals surface area contributed by atoms with Crippen molar-refractivity contribution in [3.05, 3.63) is 27.6 Å². The molecule has 0 aliphatic heterocycles. The average molecular weight is 310 g/mol. The molecule has 0 aliphatic carbocycles. The zero-order valence-electron chi connectivity index (χ0n) is 12.3. The molecule has 0 saturated heterocycles. The van der Waals surface area contributed by atoms with Gasteiger partial charge in [0.05, 0.1) is 18.8 Å². The van der Waals surface area contributed by atoms with E-state index in [1.807, 2.05) is 18.7 Å². The summed E-state index contributed by atoms with van der Waals surface area (Å²) in [5, 5.41) is 3.92. The summed E-state index contributed by atoms with van der Waals surface area (Å²) in [4.78, 5) is 30.4. The maximum atomic E-state index is 11.9. The molecule has 2 aromatic heterocycles. The molecular formula is C13H18N4O3S. The molecule has 2 aromatic rings. The molecule has 0 N–H and O–H groups in total. The molecule has 0 radical (unpaired) electrons. The van der Waals surface area contributed by atoms with E-state index in [2.05, 4.69) is 10.1 Å². The second-order valence-electron chi connectivity index (χ2n) is 4.82. The summed E-state index contributed by atoms with van der Waals surface area (Å²) in [5.74, 6) is -0.276. The first-order chi connectivity index (χ1) is 10.0. The molecule has 21 heavy (non-hydrogen) atoms. The van der Waals surface area contributed by atoms with Crippen LogP contribution < -0.4 is 5.56 Å². The van der Waals surface area contributed by atoms with Crippen LogP contribution in [0.25, 0.3) is 4.96 Å². The number of ether oxygens (including phenoxy) is 1. The summed E-state index contributed by atoms with van der Waals surface area (Å²) < 4.78 is 6.23. The van der Waals surface area contributed by atoms with Gasteiger partial charge in [-0.25, -0.2) is 4.98 Å². The van der Waals surface area contributed by atoms with Crippen LogP contribution in [0.4, 0.5) is 0 Å². The largest absolute Gasteiger partial charge is 0.465 e. The fourth-order valence-corrected chi connectivity index (χ4v) is 2.53. The number of aromatic nitrogens is 3. The van der Waals surface area contributed by atoms with Crippen molar-refractivity contribution in [1.82, 2.24) is 19.5 Å². The van der Waals surface area contributed by atoms with Crippen LogP contribution in [-0.2, 0) is 16.1 Å². The lowest BCUT2D eigenvalue weighted by molar-refractivity contribution is -0.145. The summed E-state index contributed by atoms with van der Waals surface area (Å²) in [5.41, 5.74) is 1.99. The molecule has 0 saturated carbocycles. The quantitative estimate of drug-likeness (QED) is 0.739. The lowest BCUT2D eigenvalue weighted by Gasteiger charge is -2.24. The maximum Gasteiger partial charge on any atom is 0.320 e. The Balaban J connectivity index is 2.18. The van der Waals surface area contributed by atoms with Crippen LogP contribution in [0.5, 0.6) is 0 Å². The van der Waals surface area contributed by atoms with Gasteiger partial charge in [-0.2, -0.15) is 9.61 Å². The van der Waals surface area contributed by atoms with Crippen molar-refractivity contribution in [1.29, 1.82) is 0 Å². The highest BCUT2D eigenvalue weighted by molar-refractivity contribution is 7.14. The Morgan fingerprint density at radius 1 is 1.52 bits per heavy atom. The van der Waals surface area contributed by atoms with Crippen LogP contribution in [-0.4, -0.2) is 44.7 Å². The Kier molecular flexibility index (Phi) is 5.03. The van der Waals surface area contributed by atoms with Gasteiger partial charge in [-0.3, -0.25) is 14.5 Å². The summed E-state index contributed by atoms with van der Waals surface area (Å²) in [7, 11) is 0. The highest BCUT2D eigenvalue weighted by Crippen LogP contribution is 2.08. The fraction of sp³-hybridized carbons (Fsp3) is 0.538. The molecule has 114 valence electrons. The number of hydrogen-bond acceptors (Lipinski definition) is 7. The minimum Gasteiger partial charge on any atom is -0.465 e. The average Bonchev–Trinajstić information content (AvgIpc) is 2.87. The molecule has 0 spiro atoms. The van der Waals surface area contributed by atoms with E-state index in [1.165, 1.54) is 21.9 Å². The third-order valence-electron chi connectivity index (χ3n) is 2.97. The SMILES string of the molecule is CCOC(=O)CN(Cc1cc(=O)n2ncsc2n1)C(C)C. The van der Waals surface area contributed by atoms with Gasteiger partial charge in [0.15, 0.2) is 0 Å². The fourth-order valence-electron chi connectivity index (χ4n) is 1.88. The predicted molar refractivity (Wildman–Crippen MR) is 79.3 cm³/mol. The molecular weight excluding hydrogens is 292 g/mol. The molecule has 0 atom stereocenters. The van der Waals surface area contributed by atoms with Gasteiger partial charge in [0.1, 0.15) is 5.51 Å². The molecule has 2 rings (SSSR count). The van der Waals surface area contributed by atoms with Crippen molar-refractivity contribution in [3.8, 4) is 0 Å². The number of carbonyl (C=O) groups excluding carboxylic acids is 1. The van der Waals surface area contributed by atoms with E-state index in [9.17, 15) is 9.59 Å². The van der Waals surface area contributed by atoms with Gasteiger partial charge in [-0.1, -0.05) is 11.3 Å². The van der Waals surface area contributed by atoms with Crippen LogP contribution in [0.3, 0.4) is 0 Å². The summed E-state index contributed by atoms with van der Waals surface area (Å²) >= 11 is 1.30. The van der Waals surface area contributed by atoms with Gasteiger partial charge in [0.25, 0.3) is 5.56 Å². The van der Waals surface area contributed by atoms with Crippen LogP contribution in [0.1, 0.15) is 26.5 Å². The Hall–Kier alpha value is -1.80. The first-order valence-corrected chi connectivity index (χ1v) is 7.61. The summed E-state index contributed by atoms with van der Waals surface area (Å²) in [6.07, 6.45) is 0. The summed E-state index contributed by atoms with van der Waals surface area (Å²) in [6.45, 7) is 6.69. The number of hydrogen-bond donors (Lipinski definition) is 0. The molecule has 0 bridgehead atoms. The Bertz CT molecular complexity index is 679. The third-order valence-corrected chi connectivity index (χ3v) is 3.65. The van der Waals surface area contributed by atoms with E-state index >= 15 is 0 Å². The van der Waals surface area contributed by atoms with Crippen LogP contribution in [0.15, 0.2) is 16.4 Å². The lowest BCUT2D eigenvalue weighted by atomic mass is 10.2. The second kappa shape index (κ2) is 6.77. The van der Waals surface area contributed by atoms with E-state index in [-0.39, 0.29) is 24.1 Å². The smallest absolute Gasteiger partial charge is 0.320 e. The third kappa shape index (κ3) is 3.85. The van der Waals surface area contributed by atoms with Crippen LogP contribution >= 0.6 is 11.3 Å². The molecule has 0 aliphatic rings. The van der Waals surface area contributed by atoms with E-state index < -0.39 is 0 Å². The molecule has 0 aromatic carbocycles. The zero-order valence-corrected chi connectivity index (χ0v) is 13.1. The first-order valence-electron chi connectivity index (χ1n) is 6.73. The minimum atomic E-state index is -0.276. The number of nitrogens with zero attached hydrogens (tertiary/aromatic N) is 4. The van der Waals surface area contributed by atoms with Crippen molar-refractivity contribution in [2.75, 3.05) is 13.2 Å². The Labute approximate surface area is 126 Å². The van der Waals surface area contributed by atoms with Crippen LogP contribution in [0, 0.1) is 0 Å². The molecule has 8 heteroatoms. The highest BCUT2D eigenvalue weighted by atomic mass is 32.1. The molecule has 0 unspecified atom stereocenters. The van der Waals surface area contributed by atoms with Gasteiger partial charge in [0.2, 0.25) is 4.96 Å². The van der Waals surface area contributed by atoms with Gasteiger partial charge < -0.3 is 4.74 Å².